The Morgan fingerprint density at radius 1 is 1.29 bits per heavy atom. The first-order valence-electron chi connectivity index (χ1n) is 5.49. The van der Waals surface area contributed by atoms with Gasteiger partial charge in [0, 0.05) is 10.5 Å². The van der Waals surface area contributed by atoms with Gasteiger partial charge in [0.2, 0.25) is 0 Å². The molecule has 1 saturated carbocycles. The van der Waals surface area contributed by atoms with Crippen LogP contribution >= 0.6 is 15.9 Å². The lowest BCUT2D eigenvalue weighted by Crippen LogP contribution is -2.13. The van der Waals surface area contributed by atoms with E-state index in [4.69, 9.17) is 5.73 Å². The van der Waals surface area contributed by atoms with Gasteiger partial charge in [0.1, 0.15) is 0 Å². The smallest absolute Gasteiger partial charge is 0.324 e. The van der Waals surface area contributed by atoms with Crippen LogP contribution < -0.4 is 5.73 Å². The van der Waals surface area contributed by atoms with E-state index in [1.165, 1.54) is 0 Å². The van der Waals surface area contributed by atoms with Crippen LogP contribution in [0.1, 0.15) is 36.4 Å². The molecule has 0 radical (unpaired) electrons. The van der Waals surface area contributed by atoms with E-state index in [2.05, 4.69) is 15.9 Å². The van der Waals surface area contributed by atoms with Crippen LogP contribution in [0.15, 0.2) is 22.7 Å². The molecule has 94 valence electrons. The molecule has 1 aromatic carbocycles. The largest absolute Gasteiger partial charge is 0.416 e. The minimum atomic E-state index is -4.32. The lowest BCUT2D eigenvalue weighted by Gasteiger charge is -2.15. The zero-order valence-corrected chi connectivity index (χ0v) is 10.7. The average Bonchev–Trinajstić information content (AvgIpc) is 2.99. The summed E-state index contributed by atoms with van der Waals surface area (Å²) in [7, 11) is 0. The molecule has 2 N–H and O–H groups in total. The third-order valence-electron chi connectivity index (χ3n) is 2.96. The Morgan fingerprint density at radius 3 is 2.47 bits per heavy atom. The molecule has 0 spiro atoms. The molecule has 0 bridgehead atoms. The van der Waals surface area contributed by atoms with Crippen LogP contribution in [0.3, 0.4) is 0 Å². The molecule has 1 nitrogen and oxygen atoms in total. The van der Waals surface area contributed by atoms with Gasteiger partial charge in [-0.3, -0.25) is 0 Å². The second-order valence-corrected chi connectivity index (χ2v) is 5.47. The van der Waals surface area contributed by atoms with Crippen LogP contribution in [0, 0.1) is 5.92 Å². The topological polar surface area (TPSA) is 26.0 Å². The highest BCUT2D eigenvalue weighted by atomic mass is 79.9. The summed E-state index contributed by atoms with van der Waals surface area (Å²) in [5, 5.41) is 0. The van der Waals surface area contributed by atoms with Crippen molar-refractivity contribution in [2.45, 2.75) is 31.5 Å². The maximum absolute atomic E-state index is 12.6. The van der Waals surface area contributed by atoms with Gasteiger partial charge in [-0.15, -0.1) is 0 Å². The molecule has 1 aliphatic rings. The first kappa shape index (κ1) is 12.9. The zero-order valence-electron chi connectivity index (χ0n) is 9.10. The predicted molar refractivity (Wildman–Crippen MR) is 63.4 cm³/mol. The molecule has 2 rings (SSSR count). The summed E-state index contributed by atoms with van der Waals surface area (Å²) >= 11 is 3.10. The Kier molecular flexibility index (Phi) is 3.50. The van der Waals surface area contributed by atoms with Crippen LogP contribution in [-0.4, -0.2) is 0 Å². The first-order valence-corrected chi connectivity index (χ1v) is 6.29. The number of alkyl halides is 3. The molecular weight excluding hydrogens is 295 g/mol. The van der Waals surface area contributed by atoms with Crippen molar-refractivity contribution in [2.24, 2.45) is 11.7 Å². The fourth-order valence-electron chi connectivity index (χ4n) is 1.84. The van der Waals surface area contributed by atoms with Crippen molar-refractivity contribution in [3.8, 4) is 0 Å². The van der Waals surface area contributed by atoms with E-state index >= 15 is 0 Å². The van der Waals surface area contributed by atoms with Gasteiger partial charge in [0.15, 0.2) is 0 Å². The van der Waals surface area contributed by atoms with Crippen molar-refractivity contribution in [1.82, 2.24) is 0 Å². The van der Waals surface area contributed by atoms with Crippen molar-refractivity contribution in [2.75, 3.05) is 0 Å². The lowest BCUT2D eigenvalue weighted by atomic mass is 10.00. The van der Waals surface area contributed by atoms with Gasteiger partial charge >= 0.3 is 6.18 Å². The number of nitrogens with two attached hydrogens (primary N) is 1. The van der Waals surface area contributed by atoms with Gasteiger partial charge in [-0.1, -0.05) is 28.8 Å². The van der Waals surface area contributed by atoms with Crippen LogP contribution in [-0.2, 0) is 6.18 Å². The summed E-state index contributed by atoms with van der Waals surface area (Å²) in [4.78, 5) is 0. The van der Waals surface area contributed by atoms with Gasteiger partial charge in [-0.2, -0.15) is 13.2 Å². The highest BCUT2D eigenvalue weighted by Gasteiger charge is 2.32. The molecule has 5 heteroatoms. The molecular formula is C12H13BrF3N. The molecule has 0 saturated heterocycles. The zero-order chi connectivity index (χ0) is 12.6. The fourth-order valence-corrected chi connectivity index (χ4v) is 2.35. The highest BCUT2D eigenvalue weighted by Crippen LogP contribution is 2.38. The Balaban J connectivity index is 2.23. The van der Waals surface area contributed by atoms with E-state index in [1.807, 2.05) is 0 Å². The second kappa shape index (κ2) is 4.61. The van der Waals surface area contributed by atoms with E-state index in [0.29, 0.717) is 16.0 Å². The number of benzene rings is 1. The Morgan fingerprint density at radius 2 is 1.94 bits per heavy atom. The summed E-state index contributed by atoms with van der Waals surface area (Å²) in [5.41, 5.74) is 5.84. The van der Waals surface area contributed by atoms with Crippen LogP contribution in [0.5, 0.6) is 0 Å². The summed E-state index contributed by atoms with van der Waals surface area (Å²) in [6, 6.07) is 3.59. The second-order valence-electron chi connectivity index (χ2n) is 4.56. The van der Waals surface area contributed by atoms with E-state index in [0.717, 1.165) is 31.4 Å². The minimum absolute atomic E-state index is 0.305. The van der Waals surface area contributed by atoms with Crippen molar-refractivity contribution in [1.29, 1.82) is 0 Å². The molecule has 1 aromatic rings. The van der Waals surface area contributed by atoms with Crippen LogP contribution in [0.2, 0.25) is 0 Å². The third kappa shape index (κ3) is 3.45. The third-order valence-corrected chi connectivity index (χ3v) is 3.42. The molecule has 17 heavy (non-hydrogen) atoms. The standard InChI is InChI=1S/C12H13BrF3N/c13-10-5-8(11(17)3-7-1-2-7)4-9(6-10)12(14,15)16/h4-7,11H,1-3,17H2/t11-/m0/s1. The maximum atomic E-state index is 12.6. The van der Waals surface area contributed by atoms with Crippen LogP contribution in [0.25, 0.3) is 0 Å². The average molecular weight is 308 g/mol. The molecule has 1 atom stereocenters. The normalized spacial score (nSPS) is 18.2. The number of halogens is 4. The highest BCUT2D eigenvalue weighted by molar-refractivity contribution is 9.10. The van der Waals surface area contributed by atoms with Gasteiger partial charge < -0.3 is 5.73 Å². The Hall–Kier alpha value is -0.550. The van der Waals surface area contributed by atoms with Gasteiger partial charge in [0.05, 0.1) is 5.56 Å². The SMILES string of the molecule is N[C@@H](CC1CC1)c1cc(Br)cc(C(F)(F)F)c1. The van der Waals surface area contributed by atoms with Gasteiger partial charge in [-0.05, 0) is 36.1 Å². The van der Waals surface area contributed by atoms with Crippen molar-refractivity contribution in [3.63, 3.8) is 0 Å². The van der Waals surface area contributed by atoms with Crippen LogP contribution in [0.4, 0.5) is 13.2 Å². The molecule has 0 aliphatic heterocycles. The Labute approximate surface area is 106 Å². The number of hydrogen-bond acceptors (Lipinski definition) is 1. The summed E-state index contributed by atoms with van der Waals surface area (Å²) in [6.45, 7) is 0. The van der Waals surface area contributed by atoms with E-state index in [9.17, 15) is 13.2 Å². The molecule has 1 aliphatic carbocycles. The fraction of sp³-hybridized carbons (Fsp3) is 0.500. The molecule has 0 heterocycles. The molecule has 0 unspecified atom stereocenters. The molecule has 1 fully saturated rings. The summed E-state index contributed by atoms with van der Waals surface area (Å²) in [5.74, 6) is 0.596. The quantitative estimate of drug-likeness (QED) is 0.887. The van der Waals surface area contributed by atoms with Crippen molar-refractivity contribution in [3.05, 3.63) is 33.8 Å². The number of hydrogen-bond donors (Lipinski definition) is 1. The van der Waals surface area contributed by atoms with Gasteiger partial charge in [0.25, 0.3) is 0 Å². The lowest BCUT2D eigenvalue weighted by molar-refractivity contribution is -0.137. The van der Waals surface area contributed by atoms with Gasteiger partial charge in [-0.25, -0.2) is 0 Å². The molecule has 0 amide bonds. The predicted octanol–water partition coefficient (Wildman–Crippen LogP) is 4.27. The summed E-state index contributed by atoms with van der Waals surface area (Å²) < 4.78 is 38.3. The monoisotopic (exact) mass is 307 g/mol. The van der Waals surface area contributed by atoms with Crippen molar-refractivity contribution >= 4 is 15.9 Å². The van der Waals surface area contributed by atoms with E-state index < -0.39 is 11.7 Å². The molecule has 0 aromatic heterocycles. The summed E-state index contributed by atoms with van der Waals surface area (Å²) in [6.07, 6.45) is -1.26. The first-order chi connectivity index (χ1) is 7.86. The van der Waals surface area contributed by atoms with E-state index in [1.54, 1.807) is 6.07 Å². The van der Waals surface area contributed by atoms with E-state index in [-0.39, 0.29) is 6.04 Å². The van der Waals surface area contributed by atoms with Crippen molar-refractivity contribution < 1.29 is 13.2 Å². The maximum Gasteiger partial charge on any atom is 0.416 e. The number of rotatable bonds is 3. The Bertz CT molecular complexity index is 413. The minimum Gasteiger partial charge on any atom is -0.324 e.